The van der Waals surface area contributed by atoms with Crippen molar-refractivity contribution in [2.75, 3.05) is 13.1 Å². The topological polar surface area (TPSA) is 61.4 Å². The third kappa shape index (κ3) is 5.68. The monoisotopic (exact) mass is 250 g/mol. The molecule has 0 aromatic heterocycles. The third-order valence-electron chi connectivity index (χ3n) is 2.79. The van der Waals surface area contributed by atoms with Gasteiger partial charge in [-0.3, -0.25) is 4.79 Å². The zero-order valence-electron chi connectivity index (χ0n) is 11.1. The molecule has 0 fully saturated rings. The van der Waals surface area contributed by atoms with Crippen LogP contribution < -0.4 is 10.6 Å². The van der Waals surface area contributed by atoms with Crippen LogP contribution >= 0.6 is 0 Å². The van der Waals surface area contributed by atoms with E-state index in [2.05, 4.69) is 17.6 Å². The first-order chi connectivity index (χ1) is 8.61. The van der Waals surface area contributed by atoms with Gasteiger partial charge in [0.2, 0.25) is 5.91 Å². The molecule has 0 saturated heterocycles. The lowest BCUT2D eigenvalue weighted by Crippen LogP contribution is -2.38. The largest absolute Gasteiger partial charge is 0.508 e. The lowest BCUT2D eigenvalue weighted by Gasteiger charge is -2.13. The molecule has 1 unspecified atom stereocenters. The van der Waals surface area contributed by atoms with Crippen LogP contribution in [0.15, 0.2) is 24.3 Å². The van der Waals surface area contributed by atoms with Gasteiger partial charge in [0.1, 0.15) is 5.75 Å². The van der Waals surface area contributed by atoms with Gasteiger partial charge in [-0.1, -0.05) is 12.1 Å². The second-order valence-corrected chi connectivity index (χ2v) is 4.44. The van der Waals surface area contributed by atoms with Gasteiger partial charge in [0.15, 0.2) is 0 Å². The van der Waals surface area contributed by atoms with E-state index in [0.29, 0.717) is 24.9 Å². The van der Waals surface area contributed by atoms with E-state index in [9.17, 15) is 9.90 Å². The molecule has 1 aromatic rings. The van der Waals surface area contributed by atoms with Gasteiger partial charge >= 0.3 is 0 Å². The average molecular weight is 250 g/mol. The molecule has 0 saturated carbocycles. The van der Waals surface area contributed by atoms with E-state index in [1.54, 1.807) is 12.1 Å². The van der Waals surface area contributed by atoms with Crippen molar-refractivity contribution >= 4 is 5.91 Å². The van der Waals surface area contributed by atoms with E-state index in [-0.39, 0.29) is 5.91 Å². The van der Waals surface area contributed by atoms with Crippen LogP contribution in [0.3, 0.4) is 0 Å². The quantitative estimate of drug-likeness (QED) is 0.686. The molecule has 1 rings (SSSR count). The van der Waals surface area contributed by atoms with E-state index >= 15 is 0 Å². The fourth-order valence-corrected chi connectivity index (χ4v) is 1.67. The summed E-state index contributed by atoms with van der Waals surface area (Å²) in [5.41, 5.74) is 1.19. The second kappa shape index (κ2) is 7.71. The summed E-state index contributed by atoms with van der Waals surface area (Å²) < 4.78 is 0. The Morgan fingerprint density at radius 2 is 2.00 bits per heavy atom. The van der Waals surface area contributed by atoms with Crippen LogP contribution in [0.4, 0.5) is 0 Å². The molecule has 1 aromatic carbocycles. The minimum atomic E-state index is 0.0361. The number of rotatable bonds is 7. The second-order valence-electron chi connectivity index (χ2n) is 4.44. The SMILES string of the molecule is CCNC(=O)CNC(C)CCc1ccc(O)cc1. The number of amides is 1. The van der Waals surface area contributed by atoms with E-state index in [4.69, 9.17) is 0 Å². The van der Waals surface area contributed by atoms with Gasteiger partial charge < -0.3 is 15.7 Å². The number of nitrogens with one attached hydrogen (secondary N) is 2. The number of carbonyl (C=O) groups excluding carboxylic acids is 1. The number of benzene rings is 1. The highest BCUT2D eigenvalue weighted by Crippen LogP contribution is 2.11. The molecule has 1 amide bonds. The van der Waals surface area contributed by atoms with Gasteiger partial charge in [0.05, 0.1) is 6.54 Å². The Kier molecular flexibility index (Phi) is 6.22. The third-order valence-corrected chi connectivity index (χ3v) is 2.79. The van der Waals surface area contributed by atoms with Crippen molar-refractivity contribution in [3.8, 4) is 5.75 Å². The minimum absolute atomic E-state index is 0.0361. The summed E-state index contributed by atoms with van der Waals surface area (Å²) in [7, 11) is 0. The Morgan fingerprint density at radius 1 is 1.33 bits per heavy atom. The summed E-state index contributed by atoms with van der Waals surface area (Å²) in [6.07, 6.45) is 1.90. The smallest absolute Gasteiger partial charge is 0.233 e. The first kappa shape index (κ1) is 14.5. The maximum atomic E-state index is 11.3. The summed E-state index contributed by atoms with van der Waals surface area (Å²) in [5, 5.41) is 15.1. The first-order valence-electron chi connectivity index (χ1n) is 6.39. The van der Waals surface area contributed by atoms with Crippen LogP contribution in [0.25, 0.3) is 0 Å². The van der Waals surface area contributed by atoms with Gasteiger partial charge in [0.25, 0.3) is 0 Å². The number of hydrogen-bond donors (Lipinski definition) is 3. The van der Waals surface area contributed by atoms with Gasteiger partial charge in [-0.2, -0.15) is 0 Å². The number of phenolic OH excluding ortho intramolecular Hbond substituents is 1. The fourth-order valence-electron chi connectivity index (χ4n) is 1.67. The number of carbonyl (C=O) groups is 1. The molecular formula is C14H22N2O2. The van der Waals surface area contributed by atoms with E-state index in [1.807, 2.05) is 19.1 Å². The molecule has 4 nitrogen and oxygen atoms in total. The molecule has 0 aliphatic rings. The average Bonchev–Trinajstić information content (AvgIpc) is 2.36. The van der Waals surface area contributed by atoms with Gasteiger partial charge in [-0.25, -0.2) is 0 Å². The molecule has 0 aliphatic carbocycles. The molecule has 0 spiro atoms. The highest BCUT2D eigenvalue weighted by Gasteiger charge is 2.05. The Labute approximate surface area is 108 Å². The van der Waals surface area contributed by atoms with Crippen molar-refractivity contribution in [1.82, 2.24) is 10.6 Å². The maximum absolute atomic E-state index is 11.3. The van der Waals surface area contributed by atoms with Crippen LogP contribution in [0.2, 0.25) is 0 Å². The van der Waals surface area contributed by atoms with Crippen LogP contribution in [0.5, 0.6) is 5.75 Å². The number of likely N-dealkylation sites (N-methyl/N-ethyl adjacent to an activating group) is 1. The summed E-state index contributed by atoms with van der Waals surface area (Å²) in [6, 6.07) is 7.53. The lowest BCUT2D eigenvalue weighted by molar-refractivity contribution is -0.120. The highest BCUT2D eigenvalue weighted by atomic mass is 16.3. The Morgan fingerprint density at radius 3 is 2.61 bits per heavy atom. The van der Waals surface area contributed by atoms with Crippen LogP contribution in [0.1, 0.15) is 25.8 Å². The van der Waals surface area contributed by atoms with E-state index < -0.39 is 0 Å². The molecule has 3 N–H and O–H groups in total. The van der Waals surface area contributed by atoms with Crippen molar-refractivity contribution in [2.45, 2.75) is 32.7 Å². The van der Waals surface area contributed by atoms with E-state index in [0.717, 1.165) is 12.8 Å². The molecule has 0 radical (unpaired) electrons. The number of aryl methyl sites for hydroxylation is 1. The summed E-state index contributed by atoms with van der Waals surface area (Å²) in [5.74, 6) is 0.329. The Balaban J connectivity index is 2.22. The molecule has 0 heterocycles. The van der Waals surface area contributed by atoms with Crippen molar-refractivity contribution in [3.05, 3.63) is 29.8 Å². The highest BCUT2D eigenvalue weighted by molar-refractivity contribution is 5.77. The van der Waals surface area contributed by atoms with Crippen molar-refractivity contribution in [3.63, 3.8) is 0 Å². The van der Waals surface area contributed by atoms with Crippen molar-refractivity contribution in [2.24, 2.45) is 0 Å². The maximum Gasteiger partial charge on any atom is 0.233 e. The predicted molar refractivity (Wildman–Crippen MR) is 72.6 cm³/mol. The zero-order valence-corrected chi connectivity index (χ0v) is 11.1. The summed E-state index contributed by atoms with van der Waals surface area (Å²) in [6.45, 7) is 5.01. The predicted octanol–water partition coefficient (Wildman–Crippen LogP) is 1.44. The number of aromatic hydroxyl groups is 1. The van der Waals surface area contributed by atoms with E-state index in [1.165, 1.54) is 5.56 Å². The summed E-state index contributed by atoms with van der Waals surface area (Å²) >= 11 is 0. The fraction of sp³-hybridized carbons (Fsp3) is 0.500. The standard InChI is InChI=1S/C14H22N2O2/c1-3-15-14(18)10-16-11(2)4-5-12-6-8-13(17)9-7-12/h6-9,11,16-17H,3-5,10H2,1-2H3,(H,15,18). The zero-order chi connectivity index (χ0) is 13.4. The lowest BCUT2D eigenvalue weighted by atomic mass is 10.1. The Hall–Kier alpha value is -1.55. The van der Waals surface area contributed by atoms with Crippen molar-refractivity contribution in [1.29, 1.82) is 0 Å². The Bertz CT molecular complexity index is 363. The first-order valence-corrected chi connectivity index (χ1v) is 6.39. The van der Waals surface area contributed by atoms with Gasteiger partial charge in [-0.15, -0.1) is 0 Å². The molecule has 100 valence electrons. The van der Waals surface area contributed by atoms with Crippen molar-refractivity contribution < 1.29 is 9.90 Å². The molecule has 1 atom stereocenters. The molecular weight excluding hydrogens is 228 g/mol. The van der Waals surface area contributed by atoms with Crippen LogP contribution in [-0.4, -0.2) is 30.1 Å². The molecule has 4 heteroatoms. The molecule has 18 heavy (non-hydrogen) atoms. The molecule has 0 aliphatic heterocycles. The summed E-state index contributed by atoms with van der Waals surface area (Å²) in [4.78, 5) is 11.3. The normalized spacial score (nSPS) is 12.1. The number of phenols is 1. The van der Waals surface area contributed by atoms with Crippen LogP contribution in [0, 0.1) is 0 Å². The number of hydrogen-bond acceptors (Lipinski definition) is 3. The minimum Gasteiger partial charge on any atom is -0.508 e. The van der Waals surface area contributed by atoms with Gasteiger partial charge in [0, 0.05) is 12.6 Å². The van der Waals surface area contributed by atoms with Crippen LogP contribution in [-0.2, 0) is 11.2 Å². The van der Waals surface area contributed by atoms with Gasteiger partial charge in [-0.05, 0) is 44.4 Å². The molecule has 0 bridgehead atoms.